The predicted molar refractivity (Wildman–Crippen MR) is 107 cm³/mol. The fourth-order valence-corrected chi connectivity index (χ4v) is 2.72. The number of fused-ring (bicyclic) bond motifs is 1. The van der Waals surface area contributed by atoms with E-state index in [1.807, 2.05) is 19.1 Å². The van der Waals surface area contributed by atoms with E-state index in [1.165, 1.54) is 10.9 Å². The van der Waals surface area contributed by atoms with Crippen molar-refractivity contribution in [3.63, 3.8) is 0 Å². The van der Waals surface area contributed by atoms with Crippen molar-refractivity contribution in [2.75, 3.05) is 0 Å². The second-order valence-electron chi connectivity index (χ2n) is 8.46. The summed E-state index contributed by atoms with van der Waals surface area (Å²) in [6.07, 6.45) is 0.868. The number of alkyl carbamates (subject to hydrolysis) is 1. The van der Waals surface area contributed by atoms with Gasteiger partial charge in [0.05, 0.1) is 17.2 Å². The highest BCUT2D eigenvalue weighted by Crippen LogP contribution is 2.18. The number of nitrogens with zero attached hydrogens (tertiary/aromatic N) is 4. The van der Waals surface area contributed by atoms with E-state index in [0.29, 0.717) is 10.9 Å². The number of aryl methyl sites for hydroxylation is 1. The minimum absolute atomic E-state index is 0.0746. The molecule has 0 spiro atoms. The molecule has 0 unspecified atom stereocenters. The first-order valence-electron chi connectivity index (χ1n) is 9.25. The van der Waals surface area contributed by atoms with Gasteiger partial charge in [-0.1, -0.05) is 16.8 Å². The number of rotatable bonds is 4. The van der Waals surface area contributed by atoms with Crippen LogP contribution in [0.2, 0.25) is 0 Å². The maximum absolute atomic E-state index is 12.7. The third-order valence-electron chi connectivity index (χ3n) is 4.13. The van der Waals surface area contributed by atoms with E-state index < -0.39 is 17.2 Å². The van der Waals surface area contributed by atoms with Gasteiger partial charge in [0.2, 0.25) is 5.89 Å². The molecule has 3 aromatic rings. The molecule has 0 radical (unpaired) electrons. The topological polar surface area (TPSA) is 112 Å². The number of ether oxygens (including phenoxy) is 1. The fraction of sp³-hybridized carbons (Fsp3) is 0.450. The van der Waals surface area contributed by atoms with Crippen LogP contribution in [0.4, 0.5) is 4.79 Å². The molecule has 2 heterocycles. The number of carbonyl (C=O) groups excluding carboxylic acids is 1. The van der Waals surface area contributed by atoms with Crippen molar-refractivity contribution >= 4 is 17.0 Å². The first kappa shape index (κ1) is 20.5. The van der Waals surface area contributed by atoms with Crippen molar-refractivity contribution in [3.05, 3.63) is 52.2 Å². The molecule has 0 aliphatic carbocycles. The number of hydrogen-bond acceptors (Lipinski definition) is 7. The Balaban J connectivity index is 1.80. The van der Waals surface area contributed by atoms with Gasteiger partial charge < -0.3 is 14.6 Å². The molecule has 0 saturated carbocycles. The van der Waals surface area contributed by atoms with Gasteiger partial charge in [-0.15, -0.1) is 0 Å². The zero-order valence-electron chi connectivity index (χ0n) is 17.4. The molecular formula is C20H25N5O4. The molecule has 3 rings (SSSR count). The highest BCUT2D eigenvalue weighted by Gasteiger charge is 2.31. The van der Waals surface area contributed by atoms with Crippen LogP contribution >= 0.6 is 0 Å². The number of hydrogen-bond donors (Lipinski definition) is 1. The standard InChI is InChI=1S/C20H25N5O4/c1-12-7-8-14-13(9-12)16(26)25(11-21-14)10-15-22-17(24-29-15)20(5,6)23-18(27)28-19(2,3)4/h7-9,11H,10H2,1-6H3,(H,23,27). The largest absolute Gasteiger partial charge is 0.444 e. The van der Waals surface area contributed by atoms with Gasteiger partial charge in [-0.05, 0) is 53.7 Å². The summed E-state index contributed by atoms with van der Waals surface area (Å²) in [6.45, 7) is 10.8. The molecule has 9 nitrogen and oxygen atoms in total. The molecule has 1 aromatic carbocycles. The van der Waals surface area contributed by atoms with Crippen molar-refractivity contribution in [1.29, 1.82) is 0 Å². The Morgan fingerprint density at radius 1 is 1.24 bits per heavy atom. The lowest BCUT2D eigenvalue weighted by Gasteiger charge is -2.26. The smallest absolute Gasteiger partial charge is 0.408 e. The highest BCUT2D eigenvalue weighted by atomic mass is 16.6. The lowest BCUT2D eigenvalue weighted by molar-refractivity contribution is 0.0465. The lowest BCUT2D eigenvalue weighted by Crippen LogP contribution is -2.44. The Kier molecular flexibility index (Phi) is 5.16. The average Bonchev–Trinajstić information content (AvgIpc) is 3.05. The van der Waals surface area contributed by atoms with Crippen molar-refractivity contribution < 1.29 is 14.1 Å². The third kappa shape index (κ3) is 4.79. The number of nitrogens with one attached hydrogen (secondary N) is 1. The van der Waals surface area contributed by atoms with Gasteiger partial charge in [-0.2, -0.15) is 4.98 Å². The van der Waals surface area contributed by atoms with Crippen molar-refractivity contribution in [1.82, 2.24) is 25.0 Å². The van der Waals surface area contributed by atoms with Crippen molar-refractivity contribution in [3.8, 4) is 0 Å². The summed E-state index contributed by atoms with van der Waals surface area (Å²) in [6, 6.07) is 5.52. The normalized spacial score (nSPS) is 12.2. The molecule has 0 aliphatic heterocycles. The summed E-state index contributed by atoms with van der Waals surface area (Å²) >= 11 is 0. The molecule has 2 aromatic heterocycles. The zero-order chi connectivity index (χ0) is 21.4. The van der Waals surface area contributed by atoms with Gasteiger partial charge in [0.1, 0.15) is 17.7 Å². The summed E-state index contributed by atoms with van der Waals surface area (Å²) in [4.78, 5) is 33.4. The van der Waals surface area contributed by atoms with E-state index in [0.717, 1.165) is 5.56 Å². The molecule has 29 heavy (non-hydrogen) atoms. The molecule has 1 amide bonds. The third-order valence-corrected chi connectivity index (χ3v) is 4.13. The van der Waals surface area contributed by atoms with E-state index in [-0.39, 0.29) is 23.8 Å². The Labute approximate surface area is 168 Å². The number of carbonyl (C=O) groups is 1. The summed E-state index contributed by atoms with van der Waals surface area (Å²) in [5, 5.41) is 7.20. The first-order valence-corrected chi connectivity index (χ1v) is 9.25. The number of amides is 1. The summed E-state index contributed by atoms with van der Waals surface area (Å²) in [5.74, 6) is 0.506. The second kappa shape index (κ2) is 7.31. The average molecular weight is 399 g/mol. The van der Waals surface area contributed by atoms with Crippen LogP contribution in [0.1, 0.15) is 51.9 Å². The fourth-order valence-electron chi connectivity index (χ4n) is 2.72. The minimum atomic E-state index is -0.923. The first-order chi connectivity index (χ1) is 13.4. The number of aromatic nitrogens is 4. The van der Waals surface area contributed by atoms with Crippen LogP contribution in [0.15, 0.2) is 33.8 Å². The SMILES string of the molecule is Cc1ccc2ncn(Cc3nc(C(C)(C)NC(=O)OC(C)(C)C)no3)c(=O)c2c1. The molecule has 0 fully saturated rings. The van der Waals surface area contributed by atoms with Gasteiger partial charge in [-0.3, -0.25) is 9.36 Å². The molecule has 9 heteroatoms. The van der Waals surface area contributed by atoms with Crippen LogP contribution in [-0.2, 0) is 16.8 Å². The summed E-state index contributed by atoms with van der Waals surface area (Å²) < 4.78 is 12.0. The maximum Gasteiger partial charge on any atom is 0.408 e. The minimum Gasteiger partial charge on any atom is -0.444 e. The van der Waals surface area contributed by atoms with E-state index >= 15 is 0 Å². The van der Waals surface area contributed by atoms with Crippen LogP contribution in [0, 0.1) is 6.92 Å². The summed E-state index contributed by atoms with van der Waals surface area (Å²) in [7, 11) is 0. The Bertz CT molecular complexity index is 1110. The molecule has 154 valence electrons. The van der Waals surface area contributed by atoms with Crippen molar-refractivity contribution in [2.24, 2.45) is 0 Å². The van der Waals surface area contributed by atoms with E-state index in [4.69, 9.17) is 9.26 Å². The predicted octanol–water partition coefficient (Wildman–Crippen LogP) is 2.90. The maximum atomic E-state index is 12.7. The van der Waals surface area contributed by atoms with Gasteiger partial charge >= 0.3 is 6.09 Å². The van der Waals surface area contributed by atoms with Gasteiger partial charge in [0.25, 0.3) is 5.56 Å². The second-order valence-corrected chi connectivity index (χ2v) is 8.46. The van der Waals surface area contributed by atoms with E-state index in [9.17, 15) is 9.59 Å². The zero-order valence-corrected chi connectivity index (χ0v) is 17.4. The Morgan fingerprint density at radius 2 is 1.97 bits per heavy atom. The van der Waals surface area contributed by atoms with Crippen LogP contribution < -0.4 is 10.9 Å². The van der Waals surface area contributed by atoms with Gasteiger partial charge in [0.15, 0.2) is 5.82 Å². The van der Waals surface area contributed by atoms with Gasteiger partial charge in [0, 0.05) is 0 Å². The molecule has 1 N–H and O–H groups in total. The molecule has 0 atom stereocenters. The van der Waals surface area contributed by atoms with Crippen molar-refractivity contribution in [2.45, 2.75) is 59.2 Å². The van der Waals surface area contributed by atoms with E-state index in [1.54, 1.807) is 40.7 Å². The van der Waals surface area contributed by atoms with Crippen LogP contribution in [0.3, 0.4) is 0 Å². The van der Waals surface area contributed by atoms with Crippen LogP contribution in [0.25, 0.3) is 10.9 Å². The number of benzene rings is 1. The van der Waals surface area contributed by atoms with E-state index in [2.05, 4.69) is 20.4 Å². The lowest BCUT2D eigenvalue weighted by atomic mass is 10.1. The summed E-state index contributed by atoms with van der Waals surface area (Å²) in [5.41, 5.74) is -0.126. The van der Waals surface area contributed by atoms with Gasteiger partial charge in [-0.25, -0.2) is 9.78 Å². The molecule has 0 aliphatic rings. The Morgan fingerprint density at radius 3 is 2.66 bits per heavy atom. The van der Waals surface area contributed by atoms with Crippen LogP contribution in [0.5, 0.6) is 0 Å². The quantitative estimate of drug-likeness (QED) is 0.718. The molecular weight excluding hydrogens is 374 g/mol. The Hall–Kier alpha value is -3.23. The molecule has 0 saturated heterocycles. The molecule has 0 bridgehead atoms. The highest BCUT2D eigenvalue weighted by molar-refractivity contribution is 5.77. The monoisotopic (exact) mass is 399 g/mol. The van der Waals surface area contributed by atoms with Crippen LogP contribution in [-0.4, -0.2) is 31.4 Å².